The normalized spacial score (nSPS) is 13.3. The van der Waals surface area contributed by atoms with E-state index < -0.39 is 23.5 Å². The molecule has 172 valence electrons. The molecule has 0 spiro atoms. The largest absolute Gasteiger partial charge is 0.484 e. The number of hydrogen-bond donors (Lipinski definition) is 1. The molecule has 1 N–H and O–H groups in total. The van der Waals surface area contributed by atoms with Gasteiger partial charge in [0.2, 0.25) is 5.78 Å². The molecule has 3 aromatic carbocycles. The molecule has 4 rings (SSSR count). The van der Waals surface area contributed by atoms with Crippen molar-refractivity contribution >= 4 is 41.0 Å². The number of anilines is 1. The second-order valence-electron chi connectivity index (χ2n) is 7.11. The fourth-order valence-corrected chi connectivity index (χ4v) is 3.47. The minimum Gasteiger partial charge on any atom is -0.484 e. The van der Waals surface area contributed by atoms with Crippen LogP contribution < -0.4 is 14.8 Å². The highest BCUT2D eigenvalue weighted by atomic mass is 35.5. The van der Waals surface area contributed by atoms with Gasteiger partial charge < -0.3 is 19.5 Å². The van der Waals surface area contributed by atoms with Crippen molar-refractivity contribution in [2.24, 2.45) is 0 Å². The van der Waals surface area contributed by atoms with Crippen LogP contribution in [-0.2, 0) is 9.53 Å². The number of hydrogen-bond acceptors (Lipinski definition) is 6. The van der Waals surface area contributed by atoms with Crippen LogP contribution in [0.15, 0.2) is 66.4 Å². The Balaban J connectivity index is 1.44. The number of fused-ring (bicyclic) bond motifs is 1. The number of Topliss-reactive ketones (excluding diaryl/α,β-unsaturated/α-hetero) is 1. The second kappa shape index (κ2) is 9.76. The number of ketones is 1. The van der Waals surface area contributed by atoms with E-state index >= 15 is 0 Å². The molecule has 0 unspecified atom stereocenters. The Bertz CT molecular complexity index is 1320. The molecule has 0 bridgehead atoms. The van der Waals surface area contributed by atoms with E-state index in [4.69, 9.17) is 25.8 Å². The Kier molecular flexibility index (Phi) is 6.60. The number of allylic oxidation sites excluding steroid dienone is 1. The van der Waals surface area contributed by atoms with E-state index in [1.165, 1.54) is 55.7 Å². The lowest BCUT2D eigenvalue weighted by Gasteiger charge is -2.11. The maximum atomic E-state index is 14.1. The number of halogens is 2. The van der Waals surface area contributed by atoms with Crippen LogP contribution in [-0.4, -0.2) is 31.4 Å². The lowest BCUT2D eigenvalue weighted by Crippen LogP contribution is -2.21. The lowest BCUT2D eigenvalue weighted by atomic mass is 10.1. The SMILES string of the molecule is COC(=O)c1ccccc1NC(=O)COc1ccc2c(c1)OC(=Cc1c(F)cccc1Cl)C2=O. The molecule has 9 heteroatoms. The highest BCUT2D eigenvalue weighted by Gasteiger charge is 2.28. The van der Waals surface area contributed by atoms with Gasteiger partial charge in [0, 0.05) is 11.6 Å². The summed E-state index contributed by atoms with van der Waals surface area (Å²) in [6, 6.07) is 15.0. The van der Waals surface area contributed by atoms with Gasteiger partial charge in [-0.1, -0.05) is 29.8 Å². The van der Waals surface area contributed by atoms with Crippen LogP contribution in [0.5, 0.6) is 11.5 Å². The van der Waals surface area contributed by atoms with Gasteiger partial charge in [-0.3, -0.25) is 9.59 Å². The molecule has 7 nitrogen and oxygen atoms in total. The highest BCUT2D eigenvalue weighted by molar-refractivity contribution is 6.32. The van der Waals surface area contributed by atoms with Crippen molar-refractivity contribution in [2.45, 2.75) is 0 Å². The quantitative estimate of drug-likeness (QED) is 0.398. The summed E-state index contributed by atoms with van der Waals surface area (Å²) in [6.45, 7) is -0.365. The zero-order valence-corrected chi connectivity index (χ0v) is 18.5. The van der Waals surface area contributed by atoms with Crippen molar-refractivity contribution in [3.63, 3.8) is 0 Å². The van der Waals surface area contributed by atoms with Crippen LogP contribution in [0.3, 0.4) is 0 Å². The molecule has 1 aliphatic heterocycles. The van der Waals surface area contributed by atoms with Gasteiger partial charge in [0.05, 0.1) is 28.9 Å². The van der Waals surface area contributed by atoms with Gasteiger partial charge in [-0.2, -0.15) is 0 Å². The third-order valence-electron chi connectivity index (χ3n) is 4.89. The minimum atomic E-state index is -0.587. The molecular formula is C25H17ClFNO6. The van der Waals surface area contributed by atoms with Gasteiger partial charge in [0.25, 0.3) is 5.91 Å². The van der Waals surface area contributed by atoms with E-state index in [-0.39, 0.29) is 51.3 Å². The fraction of sp³-hybridized carbons (Fsp3) is 0.0800. The van der Waals surface area contributed by atoms with Gasteiger partial charge >= 0.3 is 5.97 Å². The number of benzene rings is 3. The molecule has 1 amide bonds. The first-order valence-corrected chi connectivity index (χ1v) is 10.4. The molecule has 0 saturated carbocycles. The number of carbonyl (C=O) groups excluding carboxylic acids is 3. The molecular weight excluding hydrogens is 465 g/mol. The van der Waals surface area contributed by atoms with Crippen molar-refractivity contribution in [3.8, 4) is 11.5 Å². The van der Waals surface area contributed by atoms with Gasteiger partial charge in [-0.05, 0) is 42.5 Å². The number of esters is 1. The molecule has 1 aliphatic rings. The molecule has 0 aliphatic carbocycles. The van der Waals surface area contributed by atoms with E-state index in [0.29, 0.717) is 0 Å². The Hall–Kier alpha value is -4.17. The summed E-state index contributed by atoms with van der Waals surface area (Å²) < 4.78 is 29.9. The first-order valence-electron chi connectivity index (χ1n) is 9.99. The summed E-state index contributed by atoms with van der Waals surface area (Å²) >= 11 is 6.02. The van der Waals surface area contributed by atoms with Crippen molar-refractivity contribution in [2.75, 3.05) is 19.0 Å². The average molecular weight is 482 g/mol. The van der Waals surface area contributed by atoms with Crippen molar-refractivity contribution in [1.29, 1.82) is 0 Å². The summed E-state index contributed by atoms with van der Waals surface area (Å²) in [6.07, 6.45) is 1.24. The Morgan fingerprint density at radius 2 is 1.91 bits per heavy atom. The first-order chi connectivity index (χ1) is 16.4. The van der Waals surface area contributed by atoms with Crippen LogP contribution in [0.25, 0.3) is 6.08 Å². The van der Waals surface area contributed by atoms with E-state index in [1.54, 1.807) is 18.2 Å². The third-order valence-corrected chi connectivity index (χ3v) is 5.22. The molecule has 3 aromatic rings. The molecule has 0 fully saturated rings. The predicted molar refractivity (Wildman–Crippen MR) is 123 cm³/mol. The van der Waals surface area contributed by atoms with Crippen molar-refractivity contribution in [3.05, 3.63) is 94.0 Å². The van der Waals surface area contributed by atoms with Gasteiger partial charge in [-0.25, -0.2) is 9.18 Å². The maximum absolute atomic E-state index is 14.1. The first kappa shape index (κ1) is 23.0. The van der Waals surface area contributed by atoms with Crippen LogP contribution in [0.1, 0.15) is 26.3 Å². The zero-order chi connectivity index (χ0) is 24.2. The zero-order valence-electron chi connectivity index (χ0n) is 17.8. The number of nitrogens with one attached hydrogen (secondary N) is 1. The van der Waals surface area contributed by atoms with E-state index in [9.17, 15) is 18.8 Å². The summed E-state index contributed by atoms with van der Waals surface area (Å²) in [5, 5.41) is 2.74. The molecule has 1 heterocycles. The molecule has 0 atom stereocenters. The second-order valence-corrected chi connectivity index (χ2v) is 7.51. The number of para-hydroxylation sites is 1. The Morgan fingerprint density at radius 1 is 1.12 bits per heavy atom. The molecule has 0 aromatic heterocycles. The fourth-order valence-electron chi connectivity index (χ4n) is 3.25. The van der Waals surface area contributed by atoms with Gasteiger partial charge in [-0.15, -0.1) is 0 Å². The smallest absolute Gasteiger partial charge is 0.339 e. The van der Waals surface area contributed by atoms with Gasteiger partial charge in [0.1, 0.15) is 17.3 Å². The minimum absolute atomic E-state index is 0.0423. The van der Waals surface area contributed by atoms with Crippen LogP contribution in [0.2, 0.25) is 5.02 Å². The Labute approximate surface area is 198 Å². The number of amides is 1. The standard InChI is InChI=1S/C25H17ClFNO6/c1-32-25(31)15-5-2-3-8-20(15)28-23(29)13-33-14-9-10-16-21(11-14)34-22(24(16)30)12-17-18(26)6-4-7-19(17)27/h2-12H,13H2,1H3,(H,28,29). The molecule has 34 heavy (non-hydrogen) atoms. The van der Waals surface area contributed by atoms with Crippen LogP contribution >= 0.6 is 11.6 Å². The van der Waals surface area contributed by atoms with Crippen LogP contribution in [0, 0.1) is 5.82 Å². The number of methoxy groups -OCH3 is 1. The summed E-state index contributed by atoms with van der Waals surface area (Å²) in [4.78, 5) is 36.8. The number of carbonyl (C=O) groups is 3. The number of ether oxygens (including phenoxy) is 3. The van der Waals surface area contributed by atoms with Crippen molar-refractivity contribution < 1.29 is 33.0 Å². The van der Waals surface area contributed by atoms with Gasteiger partial charge in [0.15, 0.2) is 12.4 Å². The lowest BCUT2D eigenvalue weighted by molar-refractivity contribution is -0.118. The summed E-state index contributed by atoms with van der Waals surface area (Å²) in [7, 11) is 1.25. The van der Waals surface area contributed by atoms with E-state index in [1.807, 2.05) is 0 Å². The average Bonchev–Trinajstić information content (AvgIpc) is 3.14. The number of rotatable bonds is 6. The van der Waals surface area contributed by atoms with E-state index in [0.717, 1.165) is 0 Å². The monoisotopic (exact) mass is 481 g/mol. The molecule has 0 radical (unpaired) electrons. The van der Waals surface area contributed by atoms with E-state index in [2.05, 4.69) is 5.32 Å². The summed E-state index contributed by atoms with van der Waals surface area (Å²) in [5.41, 5.74) is 0.799. The topological polar surface area (TPSA) is 90.9 Å². The predicted octanol–water partition coefficient (Wildman–Crippen LogP) is 4.90. The van der Waals surface area contributed by atoms with Crippen LogP contribution in [0.4, 0.5) is 10.1 Å². The Morgan fingerprint density at radius 3 is 2.68 bits per heavy atom. The maximum Gasteiger partial charge on any atom is 0.339 e. The van der Waals surface area contributed by atoms with Crippen molar-refractivity contribution in [1.82, 2.24) is 0 Å². The molecule has 0 saturated heterocycles. The third kappa shape index (κ3) is 4.77. The highest BCUT2D eigenvalue weighted by Crippen LogP contribution is 2.35. The summed E-state index contributed by atoms with van der Waals surface area (Å²) in [5.74, 6) is -1.72.